The van der Waals surface area contributed by atoms with Crippen LogP contribution in [-0.4, -0.2) is 66.7 Å². The van der Waals surface area contributed by atoms with Gasteiger partial charge in [0.2, 0.25) is 0 Å². The smallest absolute Gasteiger partial charge is 0.326 e. The van der Waals surface area contributed by atoms with Gasteiger partial charge in [-0.05, 0) is 44.7 Å². The van der Waals surface area contributed by atoms with Crippen molar-refractivity contribution in [3.63, 3.8) is 0 Å². The van der Waals surface area contributed by atoms with E-state index in [9.17, 15) is 14.7 Å². The molecule has 6 heteroatoms. The number of carboxylic acids is 1. The zero-order valence-corrected chi connectivity index (χ0v) is 12.3. The Balaban J connectivity index is 1.99. The van der Waals surface area contributed by atoms with Crippen molar-refractivity contribution in [2.24, 2.45) is 11.8 Å². The number of amides is 2. The predicted molar refractivity (Wildman–Crippen MR) is 75.5 cm³/mol. The number of nitrogens with zero attached hydrogens (tertiary/aromatic N) is 2. The van der Waals surface area contributed by atoms with Crippen LogP contribution in [0.15, 0.2) is 0 Å². The molecule has 1 aliphatic heterocycles. The van der Waals surface area contributed by atoms with Gasteiger partial charge in [-0.1, -0.05) is 6.42 Å². The first-order valence-corrected chi connectivity index (χ1v) is 7.45. The maximum atomic E-state index is 12.5. The first-order valence-electron chi connectivity index (χ1n) is 7.45. The SMILES string of the molecule is CNCCCN(C)C(=O)N1CC2CCCC2C1C(=O)O. The van der Waals surface area contributed by atoms with Crippen LogP contribution in [-0.2, 0) is 4.79 Å². The van der Waals surface area contributed by atoms with E-state index < -0.39 is 12.0 Å². The second-order valence-corrected chi connectivity index (χ2v) is 5.95. The van der Waals surface area contributed by atoms with Crippen molar-refractivity contribution in [1.29, 1.82) is 0 Å². The summed E-state index contributed by atoms with van der Waals surface area (Å²) in [5, 5.41) is 12.5. The van der Waals surface area contributed by atoms with E-state index in [0.29, 0.717) is 19.0 Å². The Hall–Kier alpha value is -1.30. The molecule has 0 aromatic heterocycles. The van der Waals surface area contributed by atoms with E-state index >= 15 is 0 Å². The Morgan fingerprint density at radius 3 is 2.80 bits per heavy atom. The van der Waals surface area contributed by atoms with E-state index in [4.69, 9.17) is 0 Å². The molecule has 1 heterocycles. The minimum absolute atomic E-state index is 0.136. The van der Waals surface area contributed by atoms with Crippen molar-refractivity contribution in [2.75, 3.05) is 33.7 Å². The molecule has 2 aliphatic rings. The zero-order valence-electron chi connectivity index (χ0n) is 12.3. The third-order valence-corrected chi connectivity index (χ3v) is 4.64. The van der Waals surface area contributed by atoms with Gasteiger partial charge in [-0.25, -0.2) is 9.59 Å². The zero-order chi connectivity index (χ0) is 14.7. The van der Waals surface area contributed by atoms with Gasteiger partial charge in [0.15, 0.2) is 0 Å². The highest BCUT2D eigenvalue weighted by molar-refractivity contribution is 5.83. The van der Waals surface area contributed by atoms with Crippen LogP contribution in [0.4, 0.5) is 4.79 Å². The van der Waals surface area contributed by atoms with Gasteiger partial charge in [0.05, 0.1) is 0 Å². The molecule has 2 rings (SSSR count). The number of likely N-dealkylation sites (tertiary alicyclic amines) is 1. The van der Waals surface area contributed by atoms with E-state index in [2.05, 4.69) is 5.32 Å². The summed E-state index contributed by atoms with van der Waals surface area (Å²) < 4.78 is 0. The van der Waals surface area contributed by atoms with E-state index in [-0.39, 0.29) is 11.9 Å². The third kappa shape index (κ3) is 2.90. The standard InChI is InChI=1S/C14H25N3O3/c1-15-7-4-8-16(2)14(20)17-9-10-5-3-6-11(10)12(17)13(18)19/h10-12,15H,3-9H2,1-2H3,(H,18,19). The van der Waals surface area contributed by atoms with Gasteiger partial charge in [-0.15, -0.1) is 0 Å². The molecule has 0 bridgehead atoms. The molecule has 6 nitrogen and oxygen atoms in total. The first kappa shape index (κ1) is 15.1. The normalized spacial score (nSPS) is 28.5. The van der Waals surface area contributed by atoms with Crippen molar-refractivity contribution in [1.82, 2.24) is 15.1 Å². The molecule has 114 valence electrons. The highest BCUT2D eigenvalue weighted by Gasteiger charge is 2.50. The molecule has 1 saturated carbocycles. The van der Waals surface area contributed by atoms with Gasteiger partial charge < -0.3 is 20.2 Å². The van der Waals surface area contributed by atoms with E-state index in [1.165, 1.54) is 0 Å². The minimum atomic E-state index is -0.851. The summed E-state index contributed by atoms with van der Waals surface area (Å²) in [6, 6.07) is -0.760. The molecule has 2 N–H and O–H groups in total. The first-order chi connectivity index (χ1) is 9.56. The van der Waals surface area contributed by atoms with Crippen molar-refractivity contribution < 1.29 is 14.7 Å². The van der Waals surface area contributed by atoms with Gasteiger partial charge in [-0.2, -0.15) is 0 Å². The fourth-order valence-corrected chi connectivity index (χ4v) is 3.63. The van der Waals surface area contributed by atoms with Crippen molar-refractivity contribution in [3.05, 3.63) is 0 Å². The largest absolute Gasteiger partial charge is 0.480 e. The number of rotatable bonds is 5. The van der Waals surface area contributed by atoms with Crippen molar-refractivity contribution in [3.8, 4) is 0 Å². The molecule has 3 atom stereocenters. The van der Waals surface area contributed by atoms with Crippen LogP contribution >= 0.6 is 0 Å². The lowest BCUT2D eigenvalue weighted by molar-refractivity contribution is -0.142. The lowest BCUT2D eigenvalue weighted by atomic mass is 9.94. The van der Waals surface area contributed by atoms with E-state index in [0.717, 1.165) is 32.2 Å². The predicted octanol–water partition coefficient (Wildman–Crippen LogP) is 0.833. The lowest BCUT2D eigenvalue weighted by Gasteiger charge is -2.29. The number of carboxylic acid groups (broad SMARTS) is 1. The van der Waals surface area contributed by atoms with Crippen molar-refractivity contribution >= 4 is 12.0 Å². The van der Waals surface area contributed by atoms with E-state index in [1.54, 1.807) is 16.8 Å². The molecule has 2 fully saturated rings. The highest BCUT2D eigenvalue weighted by Crippen LogP contribution is 2.42. The number of aliphatic carboxylic acids is 1. The number of hydrogen-bond acceptors (Lipinski definition) is 3. The Morgan fingerprint density at radius 1 is 1.40 bits per heavy atom. The van der Waals surface area contributed by atoms with Crippen LogP contribution in [0, 0.1) is 11.8 Å². The van der Waals surface area contributed by atoms with Gasteiger partial charge in [0.25, 0.3) is 0 Å². The number of urea groups is 1. The van der Waals surface area contributed by atoms with Gasteiger partial charge in [0.1, 0.15) is 6.04 Å². The molecule has 20 heavy (non-hydrogen) atoms. The van der Waals surface area contributed by atoms with Crippen LogP contribution in [0.3, 0.4) is 0 Å². The molecular formula is C14H25N3O3. The molecule has 1 aliphatic carbocycles. The van der Waals surface area contributed by atoms with Gasteiger partial charge >= 0.3 is 12.0 Å². The number of fused-ring (bicyclic) bond motifs is 1. The van der Waals surface area contributed by atoms with Crippen LogP contribution in [0.1, 0.15) is 25.7 Å². The molecule has 0 radical (unpaired) electrons. The summed E-state index contributed by atoms with van der Waals surface area (Å²) in [4.78, 5) is 27.2. The van der Waals surface area contributed by atoms with Crippen molar-refractivity contribution in [2.45, 2.75) is 31.7 Å². The summed E-state index contributed by atoms with van der Waals surface area (Å²) in [5.41, 5.74) is 0. The second kappa shape index (κ2) is 6.43. The van der Waals surface area contributed by atoms with Crippen LogP contribution in [0.2, 0.25) is 0 Å². The second-order valence-electron chi connectivity index (χ2n) is 5.95. The van der Waals surface area contributed by atoms with Crippen LogP contribution in [0.25, 0.3) is 0 Å². The summed E-state index contributed by atoms with van der Waals surface area (Å²) in [7, 11) is 3.63. The Labute approximate surface area is 120 Å². The average molecular weight is 283 g/mol. The van der Waals surface area contributed by atoms with Crippen LogP contribution in [0.5, 0.6) is 0 Å². The third-order valence-electron chi connectivity index (χ3n) is 4.64. The quantitative estimate of drug-likeness (QED) is 0.733. The summed E-state index contributed by atoms with van der Waals surface area (Å²) in [6.45, 7) is 2.11. The molecule has 0 aromatic carbocycles. The monoisotopic (exact) mass is 283 g/mol. The fraction of sp³-hybridized carbons (Fsp3) is 0.857. The molecule has 0 spiro atoms. The fourth-order valence-electron chi connectivity index (χ4n) is 3.63. The number of nitrogens with one attached hydrogen (secondary N) is 1. The minimum Gasteiger partial charge on any atom is -0.480 e. The Bertz CT molecular complexity index is 375. The topological polar surface area (TPSA) is 72.9 Å². The molecule has 3 unspecified atom stereocenters. The number of carbonyl (C=O) groups excluding carboxylic acids is 1. The summed E-state index contributed by atoms with van der Waals surface area (Å²) in [6.07, 6.45) is 3.97. The van der Waals surface area contributed by atoms with Gasteiger partial charge in [0, 0.05) is 20.1 Å². The highest BCUT2D eigenvalue weighted by atomic mass is 16.4. The number of hydrogen-bond donors (Lipinski definition) is 2. The molecule has 0 aromatic rings. The maximum Gasteiger partial charge on any atom is 0.326 e. The van der Waals surface area contributed by atoms with E-state index in [1.807, 2.05) is 7.05 Å². The average Bonchev–Trinajstić information content (AvgIpc) is 2.97. The van der Waals surface area contributed by atoms with Crippen LogP contribution < -0.4 is 5.32 Å². The maximum absolute atomic E-state index is 12.5. The molecule has 2 amide bonds. The summed E-state index contributed by atoms with van der Waals surface area (Å²) >= 11 is 0. The number of carbonyl (C=O) groups is 2. The molecule has 1 saturated heterocycles. The molecular weight excluding hydrogens is 258 g/mol. The Kier molecular flexibility index (Phi) is 4.86. The lowest BCUT2D eigenvalue weighted by Crippen LogP contribution is -2.48. The van der Waals surface area contributed by atoms with Gasteiger partial charge in [-0.3, -0.25) is 0 Å². The Morgan fingerprint density at radius 2 is 2.15 bits per heavy atom. The summed E-state index contributed by atoms with van der Waals surface area (Å²) in [5.74, 6) is -0.315.